The summed E-state index contributed by atoms with van der Waals surface area (Å²) in [4.78, 5) is 28.1. The molecule has 0 radical (unpaired) electrons. The lowest BCUT2D eigenvalue weighted by atomic mass is 10.0. The number of benzene rings is 3. The molecule has 0 saturated carbocycles. The molecule has 0 aromatic heterocycles. The standard InChI is InChI=1S/C26H26Cl2N2O2/c1-18-7-6-10-21(13-18)17-30(25(31)16-20-11-12-22(27)23(28)14-20)24(26(32)29-2)15-19-8-4-3-5-9-19/h3-14,24H,15-17H2,1-2H3,(H,29,32)/t24-/m0/s1. The van der Waals surface area contributed by atoms with Gasteiger partial charge in [0.2, 0.25) is 11.8 Å². The van der Waals surface area contributed by atoms with Gasteiger partial charge >= 0.3 is 0 Å². The molecule has 0 aliphatic carbocycles. The van der Waals surface area contributed by atoms with Crippen molar-refractivity contribution >= 4 is 35.0 Å². The molecule has 0 fully saturated rings. The number of hydrogen-bond donors (Lipinski definition) is 1. The first kappa shape index (κ1) is 23.8. The number of carbonyl (C=O) groups excluding carboxylic acids is 2. The van der Waals surface area contributed by atoms with E-state index in [1.807, 2.05) is 61.5 Å². The molecule has 2 amide bonds. The summed E-state index contributed by atoms with van der Waals surface area (Å²) in [5.41, 5.74) is 3.79. The highest BCUT2D eigenvalue weighted by Gasteiger charge is 2.29. The fraction of sp³-hybridized carbons (Fsp3) is 0.231. The van der Waals surface area contributed by atoms with E-state index in [1.165, 1.54) is 0 Å². The molecular formula is C26H26Cl2N2O2. The molecule has 0 spiro atoms. The summed E-state index contributed by atoms with van der Waals surface area (Å²) in [7, 11) is 1.59. The third kappa shape index (κ3) is 6.35. The molecule has 166 valence electrons. The Hall–Kier alpha value is -2.82. The molecule has 32 heavy (non-hydrogen) atoms. The first-order chi connectivity index (χ1) is 15.4. The van der Waals surface area contributed by atoms with E-state index in [-0.39, 0.29) is 18.2 Å². The highest BCUT2D eigenvalue weighted by Crippen LogP contribution is 2.24. The van der Waals surface area contributed by atoms with Crippen molar-refractivity contribution in [2.24, 2.45) is 0 Å². The van der Waals surface area contributed by atoms with E-state index in [0.29, 0.717) is 23.0 Å². The quantitative estimate of drug-likeness (QED) is 0.491. The Balaban J connectivity index is 1.95. The molecule has 0 unspecified atom stereocenters. The molecule has 3 aromatic rings. The molecule has 4 nitrogen and oxygen atoms in total. The highest BCUT2D eigenvalue weighted by molar-refractivity contribution is 6.42. The number of hydrogen-bond acceptors (Lipinski definition) is 2. The van der Waals surface area contributed by atoms with Gasteiger partial charge < -0.3 is 10.2 Å². The van der Waals surface area contributed by atoms with Crippen LogP contribution in [0.15, 0.2) is 72.8 Å². The lowest BCUT2D eigenvalue weighted by molar-refractivity contribution is -0.140. The lowest BCUT2D eigenvalue weighted by Gasteiger charge is -2.31. The number of rotatable bonds is 8. The Bertz CT molecular complexity index is 1090. The van der Waals surface area contributed by atoms with Crippen LogP contribution in [0.1, 0.15) is 22.3 Å². The summed E-state index contributed by atoms with van der Waals surface area (Å²) in [5, 5.41) is 3.56. The zero-order valence-corrected chi connectivity index (χ0v) is 19.7. The minimum absolute atomic E-state index is 0.116. The third-order valence-electron chi connectivity index (χ3n) is 5.29. The van der Waals surface area contributed by atoms with Crippen LogP contribution < -0.4 is 5.32 Å². The Labute approximate surface area is 199 Å². The van der Waals surface area contributed by atoms with E-state index in [9.17, 15) is 9.59 Å². The number of carbonyl (C=O) groups is 2. The molecule has 3 rings (SSSR count). The van der Waals surface area contributed by atoms with Gasteiger partial charge in [0.05, 0.1) is 16.5 Å². The number of aryl methyl sites for hydroxylation is 1. The average molecular weight is 469 g/mol. The van der Waals surface area contributed by atoms with E-state index in [1.54, 1.807) is 30.1 Å². The molecule has 0 saturated heterocycles. The summed E-state index contributed by atoms with van der Waals surface area (Å²) in [6.07, 6.45) is 0.532. The molecule has 0 heterocycles. The molecule has 1 N–H and O–H groups in total. The summed E-state index contributed by atoms with van der Waals surface area (Å²) in [6.45, 7) is 2.33. The van der Waals surface area contributed by atoms with Gasteiger partial charge in [-0.05, 0) is 35.7 Å². The van der Waals surface area contributed by atoms with E-state index in [4.69, 9.17) is 23.2 Å². The van der Waals surface area contributed by atoms with Crippen molar-refractivity contribution in [2.45, 2.75) is 32.4 Å². The minimum atomic E-state index is -0.654. The minimum Gasteiger partial charge on any atom is -0.357 e. The topological polar surface area (TPSA) is 49.4 Å². The Morgan fingerprint density at radius 1 is 0.875 bits per heavy atom. The van der Waals surface area contributed by atoms with Crippen LogP contribution in [0.4, 0.5) is 0 Å². The van der Waals surface area contributed by atoms with Gasteiger partial charge in [-0.3, -0.25) is 9.59 Å². The van der Waals surface area contributed by atoms with Gasteiger partial charge in [-0.2, -0.15) is 0 Å². The SMILES string of the molecule is CNC(=O)[C@H](Cc1ccccc1)N(Cc1cccc(C)c1)C(=O)Cc1ccc(Cl)c(Cl)c1. The van der Waals surface area contributed by atoms with E-state index >= 15 is 0 Å². The Morgan fingerprint density at radius 2 is 1.59 bits per heavy atom. The highest BCUT2D eigenvalue weighted by atomic mass is 35.5. The molecule has 0 aliphatic heterocycles. The van der Waals surface area contributed by atoms with E-state index in [0.717, 1.165) is 22.3 Å². The fourth-order valence-corrected chi connectivity index (χ4v) is 3.97. The van der Waals surface area contributed by atoms with Gasteiger partial charge in [-0.1, -0.05) is 89.4 Å². The zero-order chi connectivity index (χ0) is 23.1. The van der Waals surface area contributed by atoms with Crippen molar-refractivity contribution < 1.29 is 9.59 Å². The van der Waals surface area contributed by atoms with Crippen LogP contribution in [0.3, 0.4) is 0 Å². The smallest absolute Gasteiger partial charge is 0.242 e. The molecular weight excluding hydrogens is 443 g/mol. The van der Waals surface area contributed by atoms with Crippen molar-refractivity contribution in [3.05, 3.63) is 105 Å². The van der Waals surface area contributed by atoms with Crippen LogP contribution in [-0.4, -0.2) is 29.8 Å². The van der Waals surface area contributed by atoms with E-state index < -0.39 is 6.04 Å². The van der Waals surface area contributed by atoms with Crippen LogP contribution in [0.25, 0.3) is 0 Å². The summed E-state index contributed by atoms with van der Waals surface area (Å²) in [5.74, 6) is -0.363. The van der Waals surface area contributed by atoms with Gasteiger partial charge in [-0.15, -0.1) is 0 Å². The monoisotopic (exact) mass is 468 g/mol. The maximum absolute atomic E-state index is 13.5. The van der Waals surface area contributed by atoms with Gasteiger partial charge in [0.15, 0.2) is 0 Å². The van der Waals surface area contributed by atoms with Crippen molar-refractivity contribution in [3.8, 4) is 0 Å². The van der Waals surface area contributed by atoms with Crippen LogP contribution in [0.5, 0.6) is 0 Å². The van der Waals surface area contributed by atoms with Crippen molar-refractivity contribution in [3.63, 3.8) is 0 Å². The second-order valence-corrected chi connectivity index (χ2v) is 8.57. The maximum atomic E-state index is 13.5. The summed E-state index contributed by atoms with van der Waals surface area (Å²) in [6, 6.07) is 22.2. The normalized spacial score (nSPS) is 11.6. The first-order valence-corrected chi connectivity index (χ1v) is 11.2. The van der Waals surface area contributed by atoms with E-state index in [2.05, 4.69) is 5.32 Å². The summed E-state index contributed by atoms with van der Waals surface area (Å²) < 4.78 is 0. The average Bonchev–Trinajstić information content (AvgIpc) is 2.79. The van der Waals surface area contributed by atoms with Crippen LogP contribution in [0.2, 0.25) is 10.0 Å². The number of amides is 2. The Morgan fingerprint density at radius 3 is 2.25 bits per heavy atom. The second kappa shape index (κ2) is 11.2. The molecule has 6 heteroatoms. The number of likely N-dealkylation sites (N-methyl/N-ethyl adjacent to an activating group) is 1. The van der Waals surface area contributed by atoms with Gasteiger partial charge in [0.1, 0.15) is 6.04 Å². The molecule has 3 aromatic carbocycles. The van der Waals surface area contributed by atoms with Crippen LogP contribution in [-0.2, 0) is 29.0 Å². The van der Waals surface area contributed by atoms with Crippen molar-refractivity contribution in [1.29, 1.82) is 0 Å². The molecule has 0 aliphatic rings. The van der Waals surface area contributed by atoms with Crippen molar-refractivity contribution in [2.75, 3.05) is 7.05 Å². The van der Waals surface area contributed by atoms with Gasteiger partial charge in [0, 0.05) is 20.0 Å². The van der Waals surface area contributed by atoms with Gasteiger partial charge in [0.25, 0.3) is 0 Å². The van der Waals surface area contributed by atoms with Crippen LogP contribution >= 0.6 is 23.2 Å². The summed E-state index contributed by atoms with van der Waals surface area (Å²) >= 11 is 12.2. The second-order valence-electron chi connectivity index (χ2n) is 7.76. The third-order valence-corrected chi connectivity index (χ3v) is 6.03. The first-order valence-electron chi connectivity index (χ1n) is 10.4. The number of halogens is 2. The lowest BCUT2D eigenvalue weighted by Crippen LogP contribution is -2.50. The predicted molar refractivity (Wildman–Crippen MR) is 130 cm³/mol. The predicted octanol–water partition coefficient (Wildman–Crippen LogP) is 5.23. The molecule has 0 bridgehead atoms. The zero-order valence-electron chi connectivity index (χ0n) is 18.1. The largest absolute Gasteiger partial charge is 0.357 e. The van der Waals surface area contributed by atoms with Crippen LogP contribution in [0, 0.1) is 6.92 Å². The number of nitrogens with one attached hydrogen (secondary N) is 1. The maximum Gasteiger partial charge on any atom is 0.242 e. The fourth-order valence-electron chi connectivity index (χ4n) is 3.65. The molecule has 1 atom stereocenters. The number of nitrogens with zero attached hydrogens (tertiary/aromatic N) is 1. The van der Waals surface area contributed by atoms with Gasteiger partial charge in [-0.25, -0.2) is 0 Å². The Kier molecular flexibility index (Phi) is 8.32. The van der Waals surface area contributed by atoms with Crippen molar-refractivity contribution in [1.82, 2.24) is 10.2 Å².